The third-order valence-electron chi connectivity index (χ3n) is 4.32. The number of benzene rings is 2. The third-order valence-corrected chi connectivity index (χ3v) is 4.32. The van der Waals surface area contributed by atoms with Crippen molar-refractivity contribution < 1.29 is 24.5 Å². The number of rotatable bonds is 8. The monoisotopic (exact) mass is 370 g/mol. The van der Waals surface area contributed by atoms with Crippen LogP contribution in [0.2, 0.25) is 0 Å². The van der Waals surface area contributed by atoms with Gasteiger partial charge in [-0.15, -0.1) is 0 Å². The Morgan fingerprint density at radius 1 is 1.07 bits per heavy atom. The lowest BCUT2D eigenvalue weighted by Gasteiger charge is -2.11. The van der Waals surface area contributed by atoms with Crippen LogP contribution in [0.15, 0.2) is 57.7 Å². The molecule has 6 nitrogen and oxygen atoms in total. The normalized spacial score (nSPS) is 12.2. The maximum Gasteiger partial charge on any atom is 0.343 e. The average Bonchev–Trinajstić information content (AvgIpc) is 2.69. The Labute approximate surface area is 156 Å². The minimum absolute atomic E-state index is 0.0167. The van der Waals surface area contributed by atoms with Crippen molar-refractivity contribution in [2.24, 2.45) is 0 Å². The molecule has 6 heteroatoms. The van der Waals surface area contributed by atoms with E-state index in [4.69, 9.17) is 14.3 Å². The van der Waals surface area contributed by atoms with Crippen molar-refractivity contribution in [3.63, 3.8) is 0 Å². The fourth-order valence-corrected chi connectivity index (χ4v) is 2.90. The second-order valence-corrected chi connectivity index (χ2v) is 6.36. The molecule has 0 amide bonds. The van der Waals surface area contributed by atoms with Crippen LogP contribution < -0.4 is 10.4 Å². The maximum atomic E-state index is 12.1. The van der Waals surface area contributed by atoms with Crippen LogP contribution in [0.4, 0.5) is 0 Å². The molecule has 0 aliphatic heterocycles. The molecule has 1 heterocycles. The first-order chi connectivity index (χ1) is 13.1. The second kappa shape index (κ2) is 8.70. The van der Waals surface area contributed by atoms with Gasteiger partial charge in [-0.1, -0.05) is 24.3 Å². The first kappa shape index (κ1) is 18.9. The smallest absolute Gasteiger partial charge is 0.343 e. The number of para-hydroxylation sites is 1. The molecule has 3 N–H and O–H groups in total. The molecule has 0 aliphatic carbocycles. The lowest BCUT2D eigenvalue weighted by Crippen LogP contribution is -2.21. The summed E-state index contributed by atoms with van der Waals surface area (Å²) in [7, 11) is 0. The van der Waals surface area contributed by atoms with Gasteiger partial charge >= 0.3 is 5.63 Å². The summed E-state index contributed by atoms with van der Waals surface area (Å²) >= 11 is 0. The Hall–Kier alpha value is -2.83. The summed E-state index contributed by atoms with van der Waals surface area (Å²) in [4.78, 5) is 12.1. The van der Waals surface area contributed by atoms with Crippen LogP contribution in [0.3, 0.4) is 0 Å². The Morgan fingerprint density at radius 2 is 1.89 bits per heavy atom. The van der Waals surface area contributed by atoms with Crippen LogP contribution >= 0.6 is 0 Å². The van der Waals surface area contributed by atoms with Gasteiger partial charge in [0.2, 0.25) is 0 Å². The average molecular weight is 370 g/mol. The minimum atomic E-state index is -0.913. The van der Waals surface area contributed by atoms with Crippen molar-refractivity contribution in [2.75, 3.05) is 13.2 Å². The zero-order valence-corrected chi connectivity index (χ0v) is 14.8. The van der Waals surface area contributed by atoms with Crippen molar-refractivity contribution in [3.05, 3.63) is 70.1 Å². The highest BCUT2D eigenvalue weighted by atomic mass is 16.5. The summed E-state index contributed by atoms with van der Waals surface area (Å²) in [6, 6.07) is 14.3. The van der Waals surface area contributed by atoms with E-state index in [0.717, 1.165) is 5.56 Å². The largest absolute Gasteiger partial charge is 0.507 e. The van der Waals surface area contributed by atoms with E-state index < -0.39 is 11.7 Å². The number of hydrogen-bond donors (Lipinski definition) is 3. The van der Waals surface area contributed by atoms with Gasteiger partial charge in [0.05, 0.1) is 17.6 Å². The van der Waals surface area contributed by atoms with Crippen LogP contribution in [-0.4, -0.2) is 34.6 Å². The Balaban J connectivity index is 1.65. The number of aromatic hydroxyl groups is 1. The highest BCUT2D eigenvalue weighted by molar-refractivity contribution is 5.83. The molecule has 3 rings (SSSR count). The number of fused-ring (bicyclic) bond motifs is 1. The first-order valence-corrected chi connectivity index (χ1v) is 8.83. The van der Waals surface area contributed by atoms with E-state index in [1.54, 1.807) is 30.3 Å². The highest BCUT2D eigenvalue weighted by Gasteiger charge is 2.13. The van der Waals surface area contributed by atoms with E-state index in [1.165, 1.54) is 0 Å². The molecule has 0 fully saturated rings. The lowest BCUT2D eigenvalue weighted by molar-refractivity contribution is 0.0536. The van der Waals surface area contributed by atoms with Crippen molar-refractivity contribution >= 4 is 11.0 Å². The van der Waals surface area contributed by atoms with Gasteiger partial charge in [0, 0.05) is 0 Å². The molecule has 2 aromatic carbocycles. The summed E-state index contributed by atoms with van der Waals surface area (Å²) in [6.45, 7) is -0.330. The summed E-state index contributed by atoms with van der Waals surface area (Å²) in [5.41, 5.74) is 1.16. The van der Waals surface area contributed by atoms with E-state index in [0.29, 0.717) is 36.0 Å². The van der Waals surface area contributed by atoms with Gasteiger partial charge in [-0.25, -0.2) is 4.79 Å². The topological polar surface area (TPSA) is 100 Å². The molecular formula is C21H22O6. The van der Waals surface area contributed by atoms with E-state index in [2.05, 4.69) is 0 Å². The second-order valence-electron chi connectivity index (χ2n) is 6.36. The SMILES string of the molecule is O=c1oc2ccccc2c(O)c1CCCc1cccc(OCC(O)CO)c1. The van der Waals surface area contributed by atoms with Crippen LogP contribution in [0.5, 0.6) is 11.5 Å². The number of aryl methyl sites for hydroxylation is 1. The van der Waals surface area contributed by atoms with Crippen molar-refractivity contribution in [2.45, 2.75) is 25.4 Å². The third kappa shape index (κ3) is 4.67. The molecule has 0 spiro atoms. The number of ether oxygens (including phenoxy) is 1. The summed E-state index contributed by atoms with van der Waals surface area (Å²) in [6.07, 6.45) is 0.821. The molecule has 1 aromatic heterocycles. The van der Waals surface area contributed by atoms with E-state index in [9.17, 15) is 15.0 Å². The molecule has 0 aliphatic rings. The predicted octanol–water partition coefficient (Wildman–Crippen LogP) is 2.41. The Kier molecular flexibility index (Phi) is 6.11. The van der Waals surface area contributed by atoms with Crippen LogP contribution in [0.25, 0.3) is 11.0 Å². The van der Waals surface area contributed by atoms with Gasteiger partial charge in [-0.05, 0) is 49.1 Å². The van der Waals surface area contributed by atoms with Gasteiger partial charge in [0.25, 0.3) is 0 Å². The summed E-state index contributed by atoms with van der Waals surface area (Å²) in [5.74, 6) is 0.588. The van der Waals surface area contributed by atoms with Crippen molar-refractivity contribution in [1.29, 1.82) is 0 Å². The van der Waals surface area contributed by atoms with E-state index in [-0.39, 0.29) is 24.5 Å². The number of hydrogen-bond acceptors (Lipinski definition) is 6. The maximum absolute atomic E-state index is 12.1. The molecule has 142 valence electrons. The summed E-state index contributed by atoms with van der Waals surface area (Å²) in [5, 5.41) is 29.1. The molecule has 0 radical (unpaired) electrons. The predicted molar refractivity (Wildman–Crippen MR) is 101 cm³/mol. The number of aliphatic hydroxyl groups is 2. The number of aliphatic hydroxyl groups excluding tert-OH is 2. The molecular weight excluding hydrogens is 348 g/mol. The first-order valence-electron chi connectivity index (χ1n) is 8.83. The minimum Gasteiger partial charge on any atom is -0.507 e. The van der Waals surface area contributed by atoms with Gasteiger partial charge in [-0.3, -0.25) is 0 Å². The molecule has 1 unspecified atom stereocenters. The molecule has 3 aromatic rings. The zero-order chi connectivity index (χ0) is 19.2. The van der Waals surface area contributed by atoms with Crippen LogP contribution in [-0.2, 0) is 12.8 Å². The quantitative estimate of drug-likeness (QED) is 0.527. The van der Waals surface area contributed by atoms with Gasteiger partial charge < -0.3 is 24.5 Å². The highest BCUT2D eigenvalue weighted by Crippen LogP contribution is 2.27. The zero-order valence-electron chi connectivity index (χ0n) is 14.8. The Bertz CT molecular complexity index is 962. The van der Waals surface area contributed by atoms with Crippen molar-refractivity contribution in [1.82, 2.24) is 0 Å². The summed E-state index contributed by atoms with van der Waals surface area (Å²) < 4.78 is 10.7. The van der Waals surface area contributed by atoms with E-state index >= 15 is 0 Å². The van der Waals surface area contributed by atoms with Gasteiger partial charge in [0.1, 0.15) is 29.8 Å². The molecule has 27 heavy (non-hydrogen) atoms. The van der Waals surface area contributed by atoms with Crippen molar-refractivity contribution in [3.8, 4) is 11.5 Å². The van der Waals surface area contributed by atoms with Crippen LogP contribution in [0.1, 0.15) is 17.5 Å². The van der Waals surface area contributed by atoms with Crippen LogP contribution in [0, 0.1) is 0 Å². The fourth-order valence-electron chi connectivity index (χ4n) is 2.90. The molecule has 0 bridgehead atoms. The standard InChI is InChI=1S/C21H22O6/c22-12-15(23)13-26-16-7-3-5-14(11-16)6-4-9-18-20(24)17-8-1-2-10-19(17)27-21(18)25/h1-3,5,7-8,10-11,15,22-24H,4,6,9,12-13H2. The molecule has 1 atom stereocenters. The molecule has 0 saturated heterocycles. The molecule has 0 saturated carbocycles. The van der Waals surface area contributed by atoms with Gasteiger partial charge in [0.15, 0.2) is 0 Å². The van der Waals surface area contributed by atoms with Gasteiger partial charge in [-0.2, -0.15) is 0 Å². The van der Waals surface area contributed by atoms with E-state index in [1.807, 2.05) is 18.2 Å². The Morgan fingerprint density at radius 3 is 2.70 bits per heavy atom. The fraction of sp³-hybridized carbons (Fsp3) is 0.286. The lowest BCUT2D eigenvalue weighted by atomic mass is 10.0.